The van der Waals surface area contributed by atoms with E-state index in [0.717, 1.165) is 27.3 Å². The second kappa shape index (κ2) is 5.17. The maximum absolute atomic E-state index is 12.1. The molecule has 0 atom stereocenters. The Hall–Kier alpha value is -2.41. The molecule has 108 valence electrons. The van der Waals surface area contributed by atoms with E-state index < -0.39 is 0 Å². The van der Waals surface area contributed by atoms with Gasteiger partial charge >= 0.3 is 0 Å². The molecule has 0 saturated carbocycles. The molecule has 0 bridgehead atoms. The molecular formula is C14H15N5OS. The molecule has 7 heteroatoms. The lowest BCUT2D eigenvalue weighted by atomic mass is 10.3. The SMILES string of the molecule is Cc1nn(CC(=O)Nc2ccc3ncsc3c2)c(C)c1N. The van der Waals surface area contributed by atoms with Crippen LogP contribution in [-0.4, -0.2) is 20.7 Å². The molecule has 2 aromatic heterocycles. The van der Waals surface area contributed by atoms with Gasteiger partial charge in [0.15, 0.2) is 0 Å². The van der Waals surface area contributed by atoms with Gasteiger partial charge in [-0.25, -0.2) is 4.98 Å². The second-order valence-corrected chi connectivity index (χ2v) is 5.71. The number of aromatic nitrogens is 3. The molecule has 3 N–H and O–H groups in total. The van der Waals surface area contributed by atoms with Crippen molar-refractivity contribution in [3.05, 3.63) is 35.1 Å². The molecule has 0 aliphatic heterocycles. The number of fused-ring (bicyclic) bond motifs is 1. The number of aryl methyl sites for hydroxylation is 1. The van der Waals surface area contributed by atoms with Gasteiger partial charge in [0.2, 0.25) is 5.91 Å². The predicted molar refractivity (Wildman–Crippen MR) is 84.4 cm³/mol. The van der Waals surface area contributed by atoms with Crippen molar-refractivity contribution < 1.29 is 4.79 Å². The van der Waals surface area contributed by atoms with Crippen molar-refractivity contribution in [1.29, 1.82) is 0 Å². The summed E-state index contributed by atoms with van der Waals surface area (Å²) in [5, 5.41) is 7.12. The number of hydrogen-bond donors (Lipinski definition) is 2. The van der Waals surface area contributed by atoms with E-state index in [4.69, 9.17) is 5.73 Å². The maximum Gasteiger partial charge on any atom is 0.246 e. The van der Waals surface area contributed by atoms with Gasteiger partial charge in [-0.15, -0.1) is 11.3 Å². The van der Waals surface area contributed by atoms with Crippen molar-refractivity contribution in [3.8, 4) is 0 Å². The predicted octanol–water partition coefficient (Wildman–Crippen LogP) is 2.33. The summed E-state index contributed by atoms with van der Waals surface area (Å²) in [6.07, 6.45) is 0. The first-order chi connectivity index (χ1) is 10.0. The molecule has 2 heterocycles. The summed E-state index contributed by atoms with van der Waals surface area (Å²) in [4.78, 5) is 16.3. The van der Waals surface area contributed by atoms with Crippen molar-refractivity contribution in [3.63, 3.8) is 0 Å². The van der Waals surface area contributed by atoms with Crippen molar-refractivity contribution in [2.45, 2.75) is 20.4 Å². The fourth-order valence-corrected chi connectivity index (χ4v) is 2.85. The fourth-order valence-electron chi connectivity index (χ4n) is 2.13. The minimum atomic E-state index is -0.135. The van der Waals surface area contributed by atoms with Crippen LogP contribution in [0.3, 0.4) is 0 Å². The van der Waals surface area contributed by atoms with Crippen LogP contribution in [0.4, 0.5) is 11.4 Å². The van der Waals surface area contributed by atoms with E-state index in [1.54, 1.807) is 21.5 Å². The Morgan fingerprint density at radius 2 is 2.24 bits per heavy atom. The van der Waals surface area contributed by atoms with Gasteiger partial charge < -0.3 is 11.1 Å². The third-order valence-electron chi connectivity index (χ3n) is 3.35. The lowest BCUT2D eigenvalue weighted by molar-refractivity contribution is -0.116. The topological polar surface area (TPSA) is 85.8 Å². The Bertz CT molecular complexity index is 820. The van der Waals surface area contributed by atoms with Gasteiger partial charge in [0, 0.05) is 5.69 Å². The maximum atomic E-state index is 12.1. The van der Waals surface area contributed by atoms with E-state index in [2.05, 4.69) is 15.4 Å². The Morgan fingerprint density at radius 1 is 1.43 bits per heavy atom. The zero-order valence-corrected chi connectivity index (χ0v) is 12.6. The van der Waals surface area contributed by atoms with Gasteiger partial charge in [-0.3, -0.25) is 9.48 Å². The first-order valence-corrected chi connectivity index (χ1v) is 7.35. The van der Waals surface area contributed by atoms with E-state index in [1.807, 2.05) is 32.0 Å². The van der Waals surface area contributed by atoms with Crippen LogP contribution in [0.1, 0.15) is 11.4 Å². The minimum Gasteiger partial charge on any atom is -0.396 e. The van der Waals surface area contributed by atoms with Crippen LogP contribution in [0.5, 0.6) is 0 Å². The highest BCUT2D eigenvalue weighted by molar-refractivity contribution is 7.16. The van der Waals surface area contributed by atoms with Crippen LogP contribution in [0.15, 0.2) is 23.7 Å². The number of nitrogens with two attached hydrogens (primary N) is 1. The zero-order valence-electron chi connectivity index (χ0n) is 11.8. The van der Waals surface area contributed by atoms with Crippen molar-refractivity contribution in [1.82, 2.24) is 14.8 Å². The van der Waals surface area contributed by atoms with Gasteiger partial charge in [0.1, 0.15) is 6.54 Å². The van der Waals surface area contributed by atoms with E-state index in [9.17, 15) is 4.79 Å². The Balaban J connectivity index is 1.75. The number of thiazole rings is 1. The number of carbonyl (C=O) groups is 1. The van der Waals surface area contributed by atoms with Crippen molar-refractivity contribution in [2.75, 3.05) is 11.1 Å². The molecule has 6 nitrogen and oxygen atoms in total. The first kappa shape index (κ1) is 13.6. The third kappa shape index (κ3) is 2.59. The van der Waals surface area contributed by atoms with Crippen LogP contribution >= 0.6 is 11.3 Å². The molecule has 1 aromatic carbocycles. The summed E-state index contributed by atoms with van der Waals surface area (Å²) >= 11 is 1.54. The highest BCUT2D eigenvalue weighted by Gasteiger charge is 2.11. The average Bonchev–Trinajstić information content (AvgIpc) is 3.00. The van der Waals surface area contributed by atoms with Gasteiger partial charge in [0.05, 0.1) is 32.8 Å². The lowest BCUT2D eigenvalue weighted by Gasteiger charge is -2.07. The monoisotopic (exact) mass is 301 g/mol. The van der Waals surface area contributed by atoms with E-state index >= 15 is 0 Å². The number of carbonyl (C=O) groups excluding carboxylic acids is 1. The van der Waals surface area contributed by atoms with Crippen LogP contribution in [0, 0.1) is 13.8 Å². The van der Waals surface area contributed by atoms with E-state index in [0.29, 0.717) is 5.69 Å². The molecule has 0 unspecified atom stereocenters. The summed E-state index contributed by atoms with van der Waals surface area (Å²) in [6, 6.07) is 5.65. The number of rotatable bonds is 3. The van der Waals surface area contributed by atoms with Crippen molar-refractivity contribution >= 4 is 38.8 Å². The number of anilines is 2. The number of nitrogen functional groups attached to an aromatic ring is 1. The Morgan fingerprint density at radius 3 is 2.95 bits per heavy atom. The normalized spacial score (nSPS) is 11.0. The average molecular weight is 301 g/mol. The molecule has 0 radical (unpaired) electrons. The summed E-state index contributed by atoms with van der Waals surface area (Å²) in [5.41, 5.74) is 11.5. The largest absolute Gasteiger partial charge is 0.396 e. The highest BCUT2D eigenvalue weighted by Crippen LogP contribution is 2.22. The van der Waals surface area contributed by atoms with E-state index in [-0.39, 0.29) is 12.5 Å². The van der Waals surface area contributed by atoms with Gasteiger partial charge in [-0.1, -0.05) is 0 Å². The molecule has 0 aliphatic rings. The summed E-state index contributed by atoms with van der Waals surface area (Å²) in [7, 11) is 0. The molecule has 3 rings (SSSR count). The quantitative estimate of drug-likeness (QED) is 0.777. The Labute approximate surface area is 125 Å². The number of nitrogens with zero attached hydrogens (tertiary/aromatic N) is 3. The number of hydrogen-bond acceptors (Lipinski definition) is 5. The second-order valence-electron chi connectivity index (χ2n) is 4.83. The molecule has 21 heavy (non-hydrogen) atoms. The smallest absolute Gasteiger partial charge is 0.246 e. The summed E-state index contributed by atoms with van der Waals surface area (Å²) in [5.74, 6) is -0.135. The number of amides is 1. The molecule has 0 fully saturated rings. The van der Waals surface area contributed by atoms with Crippen molar-refractivity contribution in [2.24, 2.45) is 0 Å². The summed E-state index contributed by atoms with van der Waals surface area (Å²) in [6.45, 7) is 3.82. The van der Waals surface area contributed by atoms with E-state index in [1.165, 1.54) is 0 Å². The molecule has 1 amide bonds. The van der Waals surface area contributed by atoms with Crippen LogP contribution < -0.4 is 11.1 Å². The third-order valence-corrected chi connectivity index (χ3v) is 4.14. The Kier molecular flexibility index (Phi) is 3.34. The van der Waals surface area contributed by atoms with Gasteiger partial charge in [-0.2, -0.15) is 5.10 Å². The van der Waals surface area contributed by atoms with Gasteiger partial charge in [0.25, 0.3) is 0 Å². The molecule has 0 aliphatic carbocycles. The zero-order chi connectivity index (χ0) is 15.0. The van der Waals surface area contributed by atoms with Crippen LogP contribution in [-0.2, 0) is 11.3 Å². The number of benzene rings is 1. The first-order valence-electron chi connectivity index (χ1n) is 6.47. The number of nitrogens with one attached hydrogen (secondary N) is 1. The minimum absolute atomic E-state index is 0.135. The highest BCUT2D eigenvalue weighted by atomic mass is 32.1. The molecule has 0 saturated heterocycles. The van der Waals surface area contributed by atoms with Crippen LogP contribution in [0.2, 0.25) is 0 Å². The fraction of sp³-hybridized carbons (Fsp3) is 0.214. The molecular weight excluding hydrogens is 286 g/mol. The van der Waals surface area contributed by atoms with Gasteiger partial charge in [-0.05, 0) is 32.0 Å². The lowest BCUT2D eigenvalue weighted by Crippen LogP contribution is -2.20. The molecule has 3 aromatic rings. The molecule has 0 spiro atoms. The summed E-state index contributed by atoms with van der Waals surface area (Å²) < 4.78 is 2.66. The van der Waals surface area contributed by atoms with Crippen LogP contribution in [0.25, 0.3) is 10.2 Å². The standard InChI is InChI=1S/C14H15N5OS/c1-8-14(15)9(2)19(18-8)6-13(20)17-10-3-4-11-12(5-10)21-7-16-11/h3-5,7H,6,15H2,1-2H3,(H,17,20).